The SMILES string of the molecule is C[C@@H](NCC(=O)N(Cc1ccco1)[C@@H]1CCS(=O)(=O)C1)c1ccc(S(N)(=O)=O)cc1. The summed E-state index contributed by atoms with van der Waals surface area (Å²) in [5.41, 5.74) is 0.788. The highest BCUT2D eigenvalue weighted by Crippen LogP contribution is 2.21. The van der Waals surface area contributed by atoms with Gasteiger partial charge in [-0.15, -0.1) is 0 Å². The summed E-state index contributed by atoms with van der Waals surface area (Å²) in [6.45, 7) is 2.04. The zero-order chi connectivity index (χ0) is 21.9. The van der Waals surface area contributed by atoms with E-state index in [0.29, 0.717) is 12.2 Å². The first kappa shape index (κ1) is 22.5. The molecule has 1 aromatic heterocycles. The highest BCUT2D eigenvalue weighted by Gasteiger charge is 2.35. The van der Waals surface area contributed by atoms with E-state index in [1.165, 1.54) is 18.4 Å². The van der Waals surface area contributed by atoms with Gasteiger partial charge >= 0.3 is 0 Å². The van der Waals surface area contributed by atoms with Gasteiger partial charge in [0.05, 0.1) is 35.8 Å². The van der Waals surface area contributed by atoms with Crippen molar-refractivity contribution in [3.63, 3.8) is 0 Å². The molecule has 1 aliphatic heterocycles. The molecule has 3 rings (SSSR count). The van der Waals surface area contributed by atoms with Crippen LogP contribution in [0.5, 0.6) is 0 Å². The first-order chi connectivity index (χ1) is 14.0. The second-order valence-corrected chi connectivity index (χ2v) is 11.2. The summed E-state index contributed by atoms with van der Waals surface area (Å²) in [4.78, 5) is 14.5. The Kier molecular flexibility index (Phi) is 6.65. The minimum Gasteiger partial charge on any atom is -0.467 e. The Bertz CT molecular complexity index is 1080. The fourth-order valence-electron chi connectivity index (χ4n) is 3.42. The lowest BCUT2D eigenvalue weighted by Crippen LogP contribution is -2.45. The number of sulfonamides is 1. The molecule has 11 heteroatoms. The van der Waals surface area contributed by atoms with Crippen molar-refractivity contribution in [2.75, 3.05) is 18.1 Å². The van der Waals surface area contributed by atoms with E-state index in [4.69, 9.17) is 9.56 Å². The minimum absolute atomic E-state index is 0.00460. The van der Waals surface area contributed by atoms with Gasteiger partial charge in [0, 0.05) is 12.1 Å². The van der Waals surface area contributed by atoms with Gasteiger partial charge in [0.15, 0.2) is 9.84 Å². The van der Waals surface area contributed by atoms with Crippen molar-refractivity contribution in [2.24, 2.45) is 5.14 Å². The highest BCUT2D eigenvalue weighted by atomic mass is 32.2. The number of nitrogens with zero attached hydrogens (tertiary/aromatic N) is 1. The van der Waals surface area contributed by atoms with Crippen LogP contribution in [0.1, 0.15) is 30.7 Å². The van der Waals surface area contributed by atoms with Gasteiger partial charge in [0.2, 0.25) is 15.9 Å². The molecule has 3 N–H and O–H groups in total. The van der Waals surface area contributed by atoms with Gasteiger partial charge in [-0.05, 0) is 43.2 Å². The van der Waals surface area contributed by atoms with Crippen LogP contribution < -0.4 is 10.5 Å². The van der Waals surface area contributed by atoms with Crippen molar-refractivity contribution in [2.45, 2.75) is 36.9 Å². The number of furan rings is 1. The maximum Gasteiger partial charge on any atom is 0.238 e. The predicted octanol–water partition coefficient (Wildman–Crippen LogP) is 0.794. The van der Waals surface area contributed by atoms with Crippen LogP contribution in [0, 0.1) is 0 Å². The summed E-state index contributed by atoms with van der Waals surface area (Å²) in [5.74, 6) is 0.366. The number of primary sulfonamides is 1. The molecule has 0 bridgehead atoms. The quantitative estimate of drug-likeness (QED) is 0.600. The number of hydrogen-bond acceptors (Lipinski definition) is 7. The zero-order valence-electron chi connectivity index (χ0n) is 16.5. The van der Waals surface area contributed by atoms with E-state index in [-0.39, 0.29) is 41.4 Å². The average molecular weight is 456 g/mol. The molecule has 9 nitrogen and oxygen atoms in total. The lowest BCUT2D eigenvalue weighted by Gasteiger charge is -2.28. The third kappa shape index (κ3) is 5.69. The van der Waals surface area contributed by atoms with Crippen LogP contribution in [-0.4, -0.2) is 51.7 Å². The number of amides is 1. The maximum atomic E-state index is 12.9. The van der Waals surface area contributed by atoms with Crippen molar-refractivity contribution in [1.82, 2.24) is 10.2 Å². The standard InChI is InChI=1S/C19H25N3O6S2/c1-14(15-4-6-18(7-5-15)30(20,26)27)21-11-19(23)22(12-17-3-2-9-28-17)16-8-10-29(24,25)13-16/h2-7,9,14,16,21H,8,10-13H2,1H3,(H2,20,26,27)/t14-,16-/m1/s1. The molecule has 2 heterocycles. The van der Waals surface area contributed by atoms with E-state index in [9.17, 15) is 21.6 Å². The van der Waals surface area contributed by atoms with Crippen LogP contribution in [0.25, 0.3) is 0 Å². The van der Waals surface area contributed by atoms with E-state index in [2.05, 4.69) is 5.32 Å². The number of carbonyl (C=O) groups is 1. The second kappa shape index (κ2) is 8.88. The number of hydrogen-bond donors (Lipinski definition) is 2. The molecule has 0 saturated carbocycles. The molecule has 1 aliphatic rings. The Labute approximate surface area is 176 Å². The first-order valence-corrected chi connectivity index (χ1v) is 12.8. The number of nitrogens with one attached hydrogen (secondary N) is 1. The van der Waals surface area contributed by atoms with E-state index < -0.39 is 25.9 Å². The van der Waals surface area contributed by atoms with Gasteiger partial charge < -0.3 is 14.6 Å². The van der Waals surface area contributed by atoms with Crippen molar-refractivity contribution in [1.29, 1.82) is 0 Å². The maximum absolute atomic E-state index is 12.9. The van der Waals surface area contributed by atoms with E-state index in [0.717, 1.165) is 5.56 Å². The molecule has 164 valence electrons. The second-order valence-electron chi connectivity index (χ2n) is 7.37. The third-order valence-electron chi connectivity index (χ3n) is 5.14. The number of rotatable bonds is 8. The van der Waals surface area contributed by atoms with Gasteiger partial charge in [0.1, 0.15) is 5.76 Å². The molecule has 0 spiro atoms. The molecule has 0 radical (unpaired) electrons. The fraction of sp³-hybridized carbons (Fsp3) is 0.421. The summed E-state index contributed by atoms with van der Waals surface area (Å²) in [5, 5.41) is 8.21. The molecule has 0 unspecified atom stereocenters. The average Bonchev–Trinajstić information content (AvgIpc) is 3.32. The summed E-state index contributed by atoms with van der Waals surface area (Å²) < 4.78 is 51.9. The Morgan fingerprint density at radius 2 is 2.00 bits per heavy atom. The number of nitrogens with two attached hydrogens (primary N) is 1. The van der Waals surface area contributed by atoms with Crippen LogP contribution in [0.4, 0.5) is 0 Å². The summed E-state index contributed by atoms with van der Waals surface area (Å²) in [6, 6.07) is 8.92. The summed E-state index contributed by atoms with van der Waals surface area (Å²) >= 11 is 0. The van der Waals surface area contributed by atoms with Crippen LogP contribution in [0.15, 0.2) is 52.0 Å². The number of sulfone groups is 1. The van der Waals surface area contributed by atoms with E-state index in [1.807, 2.05) is 6.92 Å². The van der Waals surface area contributed by atoms with Gasteiger partial charge in [-0.2, -0.15) is 0 Å². The predicted molar refractivity (Wildman–Crippen MR) is 111 cm³/mol. The Hall–Kier alpha value is -2.21. The molecular weight excluding hydrogens is 430 g/mol. The van der Waals surface area contributed by atoms with Crippen LogP contribution in [0.2, 0.25) is 0 Å². The zero-order valence-corrected chi connectivity index (χ0v) is 18.2. The monoisotopic (exact) mass is 455 g/mol. The van der Waals surface area contributed by atoms with E-state index in [1.54, 1.807) is 29.2 Å². The number of benzene rings is 1. The first-order valence-electron chi connectivity index (χ1n) is 9.43. The van der Waals surface area contributed by atoms with Gasteiger partial charge in [-0.1, -0.05) is 12.1 Å². The normalized spacial score (nSPS) is 19.5. The molecule has 0 aliphatic carbocycles. The van der Waals surface area contributed by atoms with Crippen molar-refractivity contribution in [3.05, 3.63) is 54.0 Å². The lowest BCUT2D eigenvalue weighted by molar-refractivity contribution is -0.133. The smallest absolute Gasteiger partial charge is 0.238 e. The molecule has 2 aromatic rings. The van der Waals surface area contributed by atoms with Crippen molar-refractivity contribution in [3.8, 4) is 0 Å². The molecule has 1 fully saturated rings. The summed E-state index contributed by atoms with van der Waals surface area (Å²) in [7, 11) is -6.91. The largest absolute Gasteiger partial charge is 0.467 e. The fourth-order valence-corrected chi connectivity index (χ4v) is 5.66. The topological polar surface area (TPSA) is 140 Å². The van der Waals surface area contributed by atoms with Crippen LogP contribution in [0.3, 0.4) is 0 Å². The Morgan fingerprint density at radius 3 is 2.53 bits per heavy atom. The summed E-state index contributed by atoms with van der Waals surface area (Å²) in [6.07, 6.45) is 1.91. The third-order valence-corrected chi connectivity index (χ3v) is 7.82. The van der Waals surface area contributed by atoms with Gasteiger partial charge in [0.25, 0.3) is 0 Å². The Morgan fingerprint density at radius 1 is 1.30 bits per heavy atom. The molecule has 30 heavy (non-hydrogen) atoms. The van der Waals surface area contributed by atoms with Crippen LogP contribution >= 0.6 is 0 Å². The molecule has 1 aromatic carbocycles. The van der Waals surface area contributed by atoms with Gasteiger partial charge in [-0.3, -0.25) is 4.79 Å². The molecular formula is C19H25N3O6S2. The van der Waals surface area contributed by atoms with E-state index >= 15 is 0 Å². The van der Waals surface area contributed by atoms with Crippen molar-refractivity contribution < 1.29 is 26.0 Å². The minimum atomic E-state index is -3.77. The Balaban J connectivity index is 1.66. The highest BCUT2D eigenvalue weighted by molar-refractivity contribution is 7.91. The molecule has 1 saturated heterocycles. The van der Waals surface area contributed by atoms with Crippen molar-refractivity contribution >= 4 is 25.8 Å². The van der Waals surface area contributed by atoms with Gasteiger partial charge in [-0.25, -0.2) is 22.0 Å². The van der Waals surface area contributed by atoms with Crippen LogP contribution in [-0.2, 0) is 31.2 Å². The molecule has 1 amide bonds. The molecule has 2 atom stereocenters. The number of carbonyl (C=O) groups excluding carboxylic acids is 1. The lowest BCUT2D eigenvalue weighted by atomic mass is 10.1.